The van der Waals surface area contributed by atoms with Gasteiger partial charge >= 0.3 is 5.97 Å². The van der Waals surface area contributed by atoms with Crippen molar-refractivity contribution in [3.8, 4) is 0 Å². The number of carboxylic acids is 1. The van der Waals surface area contributed by atoms with Gasteiger partial charge in [-0.25, -0.2) is 0 Å². The molecule has 166 valence electrons. The van der Waals surface area contributed by atoms with E-state index < -0.39 is 17.6 Å². The smallest absolute Gasteiger partial charge is 0.303 e. The lowest BCUT2D eigenvalue weighted by atomic mass is 9.37. The largest absolute Gasteiger partial charge is 0.481 e. The number of aliphatic hydroxyl groups is 1. The molecule has 4 N–H and O–H groups in total. The summed E-state index contributed by atoms with van der Waals surface area (Å²) >= 11 is 0. The molecular formula is C25H43NO3. The highest BCUT2D eigenvalue weighted by molar-refractivity contribution is 5.66. The van der Waals surface area contributed by atoms with Crippen LogP contribution < -0.4 is 5.73 Å². The second-order valence-corrected chi connectivity index (χ2v) is 12.1. The third kappa shape index (κ3) is 2.87. The van der Waals surface area contributed by atoms with Gasteiger partial charge in [0.15, 0.2) is 0 Å². The van der Waals surface area contributed by atoms with Crippen molar-refractivity contribution in [2.24, 2.45) is 45.7 Å². The maximum absolute atomic E-state index is 11.5. The maximum Gasteiger partial charge on any atom is 0.303 e. The van der Waals surface area contributed by atoms with Gasteiger partial charge < -0.3 is 15.9 Å². The zero-order valence-electron chi connectivity index (χ0n) is 19.0. The molecule has 4 fully saturated rings. The van der Waals surface area contributed by atoms with Gasteiger partial charge in [0.05, 0.1) is 6.10 Å². The van der Waals surface area contributed by atoms with Crippen LogP contribution in [0.15, 0.2) is 0 Å². The third-order valence-electron chi connectivity index (χ3n) is 11.1. The first-order valence-electron chi connectivity index (χ1n) is 12.2. The molecule has 0 amide bonds. The number of aliphatic carboxylic acids is 1. The van der Waals surface area contributed by atoms with Crippen molar-refractivity contribution >= 4 is 5.97 Å². The Morgan fingerprint density at radius 2 is 1.76 bits per heavy atom. The Balaban J connectivity index is 1.65. The number of rotatable bonds is 4. The monoisotopic (exact) mass is 405 g/mol. The van der Waals surface area contributed by atoms with Gasteiger partial charge in [0.1, 0.15) is 0 Å². The minimum atomic E-state index is -0.692. The fraction of sp³-hybridized carbons (Fsp3) is 0.960. The van der Waals surface area contributed by atoms with Crippen LogP contribution in [0, 0.1) is 39.9 Å². The molecule has 4 aliphatic carbocycles. The van der Waals surface area contributed by atoms with Crippen LogP contribution in [-0.2, 0) is 4.79 Å². The van der Waals surface area contributed by atoms with E-state index in [0.717, 1.165) is 32.1 Å². The Hall–Kier alpha value is -0.610. The van der Waals surface area contributed by atoms with Crippen molar-refractivity contribution in [1.82, 2.24) is 0 Å². The molecular weight excluding hydrogens is 362 g/mol. The van der Waals surface area contributed by atoms with Crippen LogP contribution in [0.4, 0.5) is 0 Å². The van der Waals surface area contributed by atoms with E-state index in [1.165, 1.54) is 32.1 Å². The van der Waals surface area contributed by atoms with Crippen LogP contribution in [0.5, 0.6) is 0 Å². The van der Waals surface area contributed by atoms with E-state index in [1.54, 1.807) is 0 Å². The fourth-order valence-corrected chi connectivity index (χ4v) is 9.34. The summed E-state index contributed by atoms with van der Waals surface area (Å²) in [7, 11) is 0. The Morgan fingerprint density at radius 1 is 1.07 bits per heavy atom. The van der Waals surface area contributed by atoms with Gasteiger partial charge in [0, 0.05) is 12.0 Å². The van der Waals surface area contributed by atoms with E-state index in [0.29, 0.717) is 23.7 Å². The Kier molecular flexibility index (Phi) is 5.18. The number of carboxylic acid groups (broad SMARTS) is 1. The topological polar surface area (TPSA) is 83.5 Å². The first-order chi connectivity index (χ1) is 13.5. The number of hydrogen-bond acceptors (Lipinski definition) is 3. The van der Waals surface area contributed by atoms with E-state index in [1.807, 2.05) is 0 Å². The van der Waals surface area contributed by atoms with E-state index in [9.17, 15) is 9.90 Å². The average molecular weight is 406 g/mol. The second-order valence-electron chi connectivity index (χ2n) is 12.1. The van der Waals surface area contributed by atoms with Gasteiger partial charge in [-0.1, -0.05) is 40.5 Å². The van der Waals surface area contributed by atoms with Crippen molar-refractivity contribution < 1.29 is 15.0 Å². The zero-order chi connectivity index (χ0) is 21.2. The predicted octanol–water partition coefficient (Wildman–Crippen LogP) is 4.98. The third-order valence-corrected chi connectivity index (χ3v) is 11.1. The normalized spacial score (nSPS) is 52.9. The minimum absolute atomic E-state index is 0.128. The number of hydrogen-bond donors (Lipinski definition) is 3. The number of carbonyl (C=O) groups is 1. The molecule has 5 unspecified atom stereocenters. The van der Waals surface area contributed by atoms with Crippen molar-refractivity contribution in [1.29, 1.82) is 0 Å². The first-order valence-corrected chi connectivity index (χ1v) is 12.2. The van der Waals surface area contributed by atoms with E-state index >= 15 is 0 Å². The highest BCUT2D eigenvalue weighted by Gasteiger charge is 2.70. The Labute approximate surface area is 177 Å². The molecule has 0 bridgehead atoms. The van der Waals surface area contributed by atoms with Crippen LogP contribution in [0.25, 0.3) is 0 Å². The van der Waals surface area contributed by atoms with Crippen LogP contribution >= 0.6 is 0 Å². The summed E-state index contributed by atoms with van der Waals surface area (Å²) in [6, 6.07) is 0. The highest BCUT2D eigenvalue weighted by Crippen LogP contribution is 2.71. The average Bonchev–Trinajstić information content (AvgIpc) is 3.00. The van der Waals surface area contributed by atoms with Crippen LogP contribution in [0.2, 0.25) is 0 Å². The molecule has 0 saturated heterocycles. The molecule has 4 heteroatoms. The van der Waals surface area contributed by atoms with E-state index in [2.05, 4.69) is 27.7 Å². The summed E-state index contributed by atoms with van der Waals surface area (Å²) in [6.07, 6.45) is 11.0. The number of aliphatic hydroxyl groups excluding tert-OH is 1. The zero-order valence-corrected chi connectivity index (χ0v) is 19.0. The quantitative estimate of drug-likeness (QED) is 0.616. The predicted molar refractivity (Wildman–Crippen MR) is 115 cm³/mol. The van der Waals surface area contributed by atoms with Gasteiger partial charge in [-0.3, -0.25) is 4.79 Å². The molecule has 0 aromatic heterocycles. The lowest BCUT2D eigenvalue weighted by molar-refractivity contribution is -0.210. The molecule has 4 rings (SSSR count). The number of nitrogens with two attached hydrogens (primary N) is 1. The fourth-order valence-electron chi connectivity index (χ4n) is 9.34. The summed E-state index contributed by atoms with van der Waals surface area (Å²) in [5, 5.41) is 20.7. The van der Waals surface area contributed by atoms with Gasteiger partial charge in [-0.2, -0.15) is 0 Å². The van der Waals surface area contributed by atoms with Crippen molar-refractivity contribution in [3.05, 3.63) is 0 Å². The molecule has 0 radical (unpaired) electrons. The molecule has 0 heterocycles. The molecule has 4 saturated carbocycles. The lowest BCUT2D eigenvalue weighted by Crippen LogP contribution is -2.75. The number of fused-ring (bicyclic) bond motifs is 5. The van der Waals surface area contributed by atoms with Crippen LogP contribution in [0.3, 0.4) is 0 Å². The van der Waals surface area contributed by atoms with Crippen LogP contribution in [0.1, 0.15) is 98.3 Å². The second kappa shape index (κ2) is 6.95. The minimum Gasteiger partial charge on any atom is -0.481 e. The van der Waals surface area contributed by atoms with Gasteiger partial charge in [0.25, 0.3) is 0 Å². The highest BCUT2D eigenvalue weighted by atomic mass is 16.4. The summed E-state index contributed by atoms with van der Waals surface area (Å²) in [5.41, 5.74) is 7.45. The van der Waals surface area contributed by atoms with Crippen LogP contribution in [-0.4, -0.2) is 27.8 Å². The van der Waals surface area contributed by atoms with Gasteiger partial charge in [0.2, 0.25) is 0 Å². The van der Waals surface area contributed by atoms with Gasteiger partial charge in [-0.15, -0.1) is 0 Å². The summed E-state index contributed by atoms with van der Waals surface area (Å²) in [5.74, 6) is 0.979. The van der Waals surface area contributed by atoms with E-state index in [-0.39, 0.29) is 22.7 Å². The van der Waals surface area contributed by atoms with Gasteiger partial charge in [-0.05, 0) is 91.3 Å². The Bertz CT molecular complexity index is 666. The molecule has 0 aromatic rings. The lowest BCUT2D eigenvalue weighted by Gasteiger charge is -2.70. The first kappa shape index (κ1) is 21.6. The molecule has 4 aliphatic rings. The molecule has 29 heavy (non-hydrogen) atoms. The molecule has 0 aromatic carbocycles. The van der Waals surface area contributed by atoms with E-state index in [4.69, 9.17) is 10.8 Å². The maximum atomic E-state index is 11.5. The molecule has 0 aliphatic heterocycles. The summed E-state index contributed by atoms with van der Waals surface area (Å²) in [6.45, 7) is 9.58. The summed E-state index contributed by atoms with van der Waals surface area (Å²) in [4.78, 5) is 11.1. The molecule has 0 spiro atoms. The van der Waals surface area contributed by atoms with Crippen molar-refractivity contribution in [3.63, 3.8) is 0 Å². The Morgan fingerprint density at radius 3 is 2.45 bits per heavy atom. The SMILES string of the molecule is C[C@H](CCC(=O)O)C1CC[C@@H]2C1(C)CC[C@H]1C2(N)[C@H](O)CC2(C)CCCCC12C. The van der Waals surface area contributed by atoms with Crippen molar-refractivity contribution in [2.45, 2.75) is 110 Å². The summed E-state index contributed by atoms with van der Waals surface area (Å²) < 4.78 is 0. The van der Waals surface area contributed by atoms with Crippen molar-refractivity contribution in [2.75, 3.05) is 0 Å². The molecule has 9 atom stereocenters. The standard InChI is InChI=1S/C25H43NO3/c1-16(7-10-21(28)29)17-8-9-18-23(17,3)14-11-19-24(4)13-6-5-12-22(24,2)15-20(27)25(18,19)26/h16-20,27H,5-15,26H2,1-4H3,(H,28,29)/t16-,17?,18-,19-,20-,22?,23?,24?,25?/m1/s1. The molecule has 4 nitrogen and oxygen atoms in total.